The zero-order valence-electron chi connectivity index (χ0n) is 51.2. The topological polar surface area (TPSA) is 89.8 Å². The number of nitrogens with one attached hydrogen (secondary N) is 1. The van der Waals surface area contributed by atoms with Crippen LogP contribution in [0.4, 0.5) is 0 Å². The summed E-state index contributed by atoms with van der Waals surface area (Å²) in [5.74, 6) is -0.504. The number of rotatable bonds is 65. The molecule has 4 N–H and O–H groups in total. The summed E-state index contributed by atoms with van der Waals surface area (Å²) in [6, 6.07) is -0.814. The summed E-state index contributed by atoms with van der Waals surface area (Å²) in [6.07, 6.45) is 86.2. The zero-order valence-corrected chi connectivity index (χ0v) is 51.2. The number of aliphatic hydroxyl groups excluding tert-OH is 3. The number of allylic oxidation sites excluding steroid dienone is 3. The van der Waals surface area contributed by atoms with E-state index in [4.69, 9.17) is 0 Å². The Morgan fingerprint density at radius 3 is 0.813 bits per heavy atom. The van der Waals surface area contributed by atoms with Crippen LogP contribution in [-0.2, 0) is 4.79 Å². The molecule has 3 unspecified atom stereocenters. The van der Waals surface area contributed by atoms with Crippen LogP contribution in [0.3, 0.4) is 0 Å². The molecule has 5 heteroatoms. The van der Waals surface area contributed by atoms with Gasteiger partial charge in [0.2, 0.25) is 5.91 Å². The van der Waals surface area contributed by atoms with Gasteiger partial charge in [-0.3, -0.25) is 4.79 Å². The fourth-order valence-electron chi connectivity index (χ4n) is 11.2. The van der Waals surface area contributed by atoms with Gasteiger partial charge in [0, 0.05) is 0 Å². The van der Waals surface area contributed by atoms with E-state index >= 15 is 0 Å². The summed E-state index contributed by atoms with van der Waals surface area (Å²) in [5, 5.41) is 33.5. The van der Waals surface area contributed by atoms with E-state index in [0.717, 1.165) is 38.5 Å². The van der Waals surface area contributed by atoms with Gasteiger partial charge in [0.25, 0.3) is 0 Å². The number of hydrogen-bond donors (Lipinski definition) is 4. The van der Waals surface area contributed by atoms with E-state index in [-0.39, 0.29) is 6.61 Å². The average molecular weight is 1060 g/mol. The van der Waals surface area contributed by atoms with Crippen molar-refractivity contribution < 1.29 is 20.1 Å². The van der Waals surface area contributed by atoms with Crippen molar-refractivity contribution in [3.63, 3.8) is 0 Å². The Balaban J connectivity index is 3.48. The molecule has 0 saturated carbocycles. The van der Waals surface area contributed by atoms with Crippen LogP contribution in [0.1, 0.15) is 393 Å². The minimum atomic E-state index is -1.10. The Kier molecular flexibility index (Phi) is 64.3. The van der Waals surface area contributed by atoms with Gasteiger partial charge in [-0.25, -0.2) is 0 Å². The van der Waals surface area contributed by atoms with Crippen LogP contribution >= 0.6 is 0 Å². The molecule has 0 aromatic heterocycles. The SMILES string of the molecule is CCCCCCCCCCCCCCCCCCCCC/C=C/CC/C=C/C(O)C(CO)NC(=O)C(O)CCCCCCCCCCCCCCCCCCCCCCCCCCCCCCCCCCCCCC. The normalized spacial score (nSPS) is 13.2. The van der Waals surface area contributed by atoms with Gasteiger partial charge in [0.05, 0.1) is 18.8 Å². The van der Waals surface area contributed by atoms with Crippen molar-refractivity contribution in [1.29, 1.82) is 0 Å². The lowest BCUT2D eigenvalue weighted by atomic mass is 10.0. The molecule has 0 saturated heterocycles. The maximum Gasteiger partial charge on any atom is 0.249 e. The molecule has 446 valence electrons. The fraction of sp³-hybridized carbons (Fsp3) is 0.929. The monoisotopic (exact) mass is 1060 g/mol. The van der Waals surface area contributed by atoms with E-state index in [1.54, 1.807) is 6.08 Å². The third kappa shape index (κ3) is 60.3. The highest BCUT2D eigenvalue weighted by molar-refractivity contribution is 5.80. The van der Waals surface area contributed by atoms with E-state index in [2.05, 4.69) is 31.3 Å². The summed E-state index contributed by atoms with van der Waals surface area (Å²) in [5.41, 5.74) is 0. The Morgan fingerprint density at radius 2 is 0.547 bits per heavy atom. The van der Waals surface area contributed by atoms with Crippen LogP contribution in [0.25, 0.3) is 0 Å². The van der Waals surface area contributed by atoms with Gasteiger partial charge in [-0.2, -0.15) is 0 Å². The molecule has 5 nitrogen and oxygen atoms in total. The van der Waals surface area contributed by atoms with Gasteiger partial charge in [0.1, 0.15) is 6.10 Å². The summed E-state index contributed by atoms with van der Waals surface area (Å²) in [7, 11) is 0. The van der Waals surface area contributed by atoms with Crippen molar-refractivity contribution in [3.05, 3.63) is 24.3 Å². The molecule has 0 aromatic rings. The summed E-state index contributed by atoms with van der Waals surface area (Å²) in [6.45, 7) is 4.23. The summed E-state index contributed by atoms with van der Waals surface area (Å²) in [4.78, 5) is 12.6. The first kappa shape index (κ1) is 73.8. The summed E-state index contributed by atoms with van der Waals surface area (Å²) >= 11 is 0. The number of hydrogen-bond acceptors (Lipinski definition) is 4. The van der Waals surface area contributed by atoms with Crippen molar-refractivity contribution in [1.82, 2.24) is 5.32 Å². The van der Waals surface area contributed by atoms with Gasteiger partial charge < -0.3 is 20.6 Å². The number of aliphatic hydroxyl groups is 3. The first-order valence-electron chi connectivity index (χ1n) is 34.7. The van der Waals surface area contributed by atoms with Gasteiger partial charge >= 0.3 is 0 Å². The Morgan fingerprint density at radius 1 is 0.320 bits per heavy atom. The standard InChI is InChI=1S/C70H137NO4/c1-3-5-7-9-11-13-15-17-19-21-23-25-27-29-30-31-32-33-34-35-36-37-38-39-41-43-45-47-49-51-53-55-57-59-61-63-65-69(74)70(75)71-67(66-72)68(73)64-62-60-58-56-54-52-50-48-46-44-42-40-28-26-24-22-20-18-16-14-12-10-8-6-4-2/h54,56,62,64,67-69,72-74H,3-53,55,57-61,63,65-66H2,1-2H3,(H,71,75)/b56-54+,64-62+. The van der Waals surface area contributed by atoms with Crippen LogP contribution in [0.5, 0.6) is 0 Å². The number of carbonyl (C=O) groups is 1. The molecule has 0 heterocycles. The highest BCUT2D eigenvalue weighted by Gasteiger charge is 2.22. The second-order valence-electron chi connectivity index (χ2n) is 24.1. The molecule has 0 aliphatic rings. The molecule has 0 aromatic carbocycles. The van der Waals surface area contributed by atoms with Crippen LogP contribution in [0.2, 0.25) is 0 Å². The molecule has 0 radical (unpaired) electrons. The smallest absolute Gasteiger partial charge is 0.249 e. The minimum absolute atomic E-state index is 0.372. The van der Waals surface area contributed by atoms with Gasteiger partial charge in [-0.05, 0) is 32.1 Å². The van der Waals surface area contributed by atoms with Crippen LogP contribution < -0.4 is 5.32 Å². The van der Waals surface area contributed by atoms with Crippen molar-refractivity contribution in [2.45, 2.75) is 411 Å². The minimum Gasteiger partial charge on any atom is -0.394 e. The second-order valence-corrected chi connectivity index (χ2v) is 24.1. The Labute approximate surface area is 471 Å². The van der Waals surface area contributed by atoms with Crippen molar-refractivity contribution >= 4 is 5.91 Å². The van der Waals surface area contributed by atoms with Gasteiger partial charge in [0.15, 0.2) is 0 Å². The Hall–Kier alpha value is -1.17. The van der Waals surface area contributed by atoms with Gasteiger partial charge in [-0.1, -0.05) is 385 Å². The predicted octanol–water partition coefficient (Wildman–Crippen LogP) is 22.4. The lowest BCUT2D eigenvalue weighted by Crippen LogP contribution is -2.48. The third-order valence-electron chi connectivity index (χ3n) is 16.5. The van der Waals surface area contributed by atoms with E-state index < -0.39 is 24.2 Å². The van der Waals surface area contributed by atoms with Crippen LogP contribution in [0, 0.1) is 0 Å². The van der Waals surface area contributed by atoms with Gasteiger partial charge in [-0.15, -0.1) is 0 Å². The van der Waals surface area contributed by atoms with E-state index in [1.165, 1.54) is 334 Å². The number of amides is 1. The molecular formula is C70H137NO4. The maximum atomic E-state index is 12.6. The first-order valence-corrected chi connectivity index (χ1v) is 34.7. The fourth-order valence-corrected chi connectivity index (χ4v) is 11.2. The second kappa shape index (κ2) is 65.3. The molecule has 0 rings (SSSR count). The molecule has 75 heavy (non-hydrogen) atoms. The molecular weight excluding hydrogens is 919 g/mol. The molecule has 3 atom stereocenters. The van der Waals surface area contributed by atoms with Crippen LogP contribution in [-0.4, -0.2) is 46.1 Å². The van der Waals surface area contributed by atoms with Crippen molar-refractivity contribution in [2.75, 3.05) is 6.61 Å². The molecule has 0 aliphatic carbocycles. The van der Waals surface area contributed by atoms with E-state index in [1.807, 2.05) is 6.08 Å². The highest BCUT2D eigenvalue weighted by Crippen LogP contribution is 2.19. The van der Waals surface area contributed by atoms with Crippen molar-refractivity contribution in [3.8, 4) is 0 Å². The predicted molar refractivity (Wildman–Crippen MR) is 333 cm³/mol. The Bertz CT molecular complexity index is 1120. The van der Waals surface area contributed by atoms with Crippen molar-refractivity contribution in [2.24, 2.45) is 0 Å². The lowest BCUT2D eigenvalue weighted by molar-refractivity contribution is -0.131. The molecule has 1 amide bonds. The average Bonchev–Trinajstić information content (AvgIpc) is 3.41. The summed E-state index contributed by atoms with van der Waals surface area (Å²) < 4.78 is 0. The molecule has 0 spiro atoms. The van der Waals surface area contributed by atoms with E-state index in [0.29, 0.717) is 6.42 Å². The highest BCUT2D eigenvalue weighted by atomic mass is 16.3. The zero-order chi connectivity index (χ0) is 54.3. The quantitative estimate of drug-likeness (QED) is 0.0361. The van der Waals surface area contributed by atoms with E-state index in [9.17, 15) is 20.1 Å². The largest absolute Gasteiger partial charge is 0.394 e. The molecule has 0 fully saturated rings. The lowest BCUT2D eigenvalue weighted by Gasteiger charge is -2.21. The third-order valence-corrected chi connectivity index (χ3v) is 16.5. The number of unbranched alkanes of at least 4 members (excludes halogenated alkanes) is 55. The first-order chi connectivity index (χ1) is 37.1. The number of carbonyl (C=O) groups excluding carboxylic acids is 1. The molecule has 0 bridgehead atoms. The van der Waals surface area contributed by atoms with Crippen LogP contribution in [0.15, 0.2) is 24.3 Å². The maximum absolute atomic E-state index is 12.6. The molecule has 0 aliphatic heterocycles.